The Labute approximate surface area is 86.8 Å². The molecule has 0 radical (unpaired) electrons. The SMILES string of the molecule is Nc1cnnc(N2CCOCC2)c1Cl. The molecule has 5 nitrogen and oxygen atoms in total. The summed E-state index contributed by atoms with van der Waals surface area (Å²) in [6, 6.07) is 0. The largest absolute Gasteiger partial charge is 0.396 e. The van der Waals surface area contributed by atoms with Crippen LogP contribution in [0.15, 0.2) is 6.20 Å². The van der Waals surface area contributed by atoms with Gasteiger partial charge in [-0.2, -0.15) is 5.10 Å². The van der Waals surface area contributed by atoms with E-state index >= 15 is 0 Å². The molecule has 1 saturated heterocycles. The molecule has 2 rings (SSSR count). The van der Waals surface area contributed by atoms with Crippen LogP contribution in [0.1, 0.15) is 0 Å². The van der Waals surface area contributed by atoms with Crippen molar-refractivity contribution >= 4 is 23.1 Å². The Hall–Kier alpha value is -1.07. The third-order valence-corrected chi connectivity index (χ3v) is 2.50. The maximum Gasteiger partial charge on any atom is 0.172 e. The number of nitrogen functional groups attached to an aromatic ring is 1. The summed E-state index contributed by atoms with van der Waals surface area (Å²) >= 11 is 6.02. The van der Waals surface area contributed by atoms with Crippen LogP contribution >= 0.6 is 11.6 Å². The van der Waals surface area contributed by atoms with Crippen molar-refractivity contribution < 1.29 is 4.74 Å². The van der Waals surface area contributed by atoms with Crippen molar-refractivity contribution in [1.29, 1.82) is 0 Å². The summed E-state index contributed by atoms with van der Waals surface area (Å²) in [5.74, 6) is 0.648. The van der Waals surface area contributed by atoms with Gasteiger partial charge in [-0.05, 0) is 0 Å². The van der Waals surface area contributed by atoms with Crippen LogP contribution in [0.2, 0.25) is 5.02 Å². The summed E-state index contributed by atoms with van der Waals surface area (Å²) in [4.78, 5) is 2.02. The summed E-state index contributed by atoms with van der Waals surface area (Å²) in [5.41, 5.74) is 6.10. The molecule has 0 atom stereocenters. The van der Waals surface area contributed by atoms with Gasteiger partial charge in [0.25, 0.3) is 0 Å². The Morgan fingerprint density at radius 1 is 1.43 bits per heavy atom. The molecule has 14 heavy (non-hydrogen) atoms. The number of anilines is 2. The summed E-state index contributed by atoms with van der Waals surface area (Å²) in [5, 5.41) is 8.22. The minimum absolute atomic E-state index is 0.461. The Bertz CT molecular complexity index is 327. The number of nitrogens with two attached hydrogens (primary N) is 1. The molecule has 2 heterocycles. The second-order valence-electron chi connectivity index (χ2n) is 3.04. The number of hydrogen-bond donors (Lipinski definition) is 1. The lowest BCUT2D eigenvalue weighted by molar-refractivity contribution is 0.122. The molecule has 0 spiro atoms. The lowest BCUT2D eigenvalue weighted by atomic mass is 10.3. The van der Waals surface area contributed by atoms with Crippen LogP contribution in [0.5, 0.6) is 0 Å². The molecule has 0 aliphatic carbocycles. The molecule has 76 valence electrons. The number of aromatic nitrogens is 2. The first-order chi connectivity index (χ1) is 6.79. The van der Waals surface area contributed by atoms with Gasteiger partial charge in [-0.1, -0.05) is 11.6 Å². The number of hydrogen-bond acceptors (Lipinski definition) is 5. The van der Waals surface area contributed by atoms with E-state index in [0.717, 1.165) is 13.1 Å². The number of morpholine rings is 1. The lowest BCUT2D eigenvalue weighted by Crippen LogP contribution is -2.37. The predicted molar refractivity (Wildman–Crippen MR) is 54.5 cm³/mol. The molecular weight excluding hydrogens is 204 g/mol. The van der Waals surface area contributed by atoms with Gasteiger partial charge in [0.05, 0.1) is 25.1 Å². The van der Waals surface area contributed by atoms with E-state index in [0.29, 0.717) is 29.7 Å². The molecule has 0 unspecified atom stereocenters. The first kappa shape index (κ1) is 9.48. The van der Waals surface area contributed by atoms with Crippen molar-refractivity contribution in [3.63, 3.8) is 0 Å². The van der Waals surface area contributed by atoms with E-state index in [1.54, 1.807) is 0 Å². The van der Waals surface area contributed by atoms with Crippen LogP contribution in [0.25, 0.3) is 0 Å². The molecule has 2 N–H and O–H groups in total. The standard InChI is InChI=1S/C8H11ClN4O/c9-7-6(10)5-11-12-8(7)13-1-3-14-4-2-13/h5H,1-4H2,(H2,10,12). The molecule has 0 aromatic carbocycles. The van der Waals surface area contributed by atoms with Crippen molar-refractivity contribution in [2.75, 3.05) is 36.9 Å². The van der Waals surface area contributed by atoms with Gasteiger partial charge >= 0.3 is 0 Å². The normalized spacial score (nSPS) is 17.1. The highest BCUT2D eigenvalue weighted by Gasteiger charge is 2.17. The zero-order valence-electron chi connectivity index (χ0n) is 7.61. The minimum atomic E-state index is 0.461. The molecule has 1 aliphatic rings. The van der Waals surface area contributed by atoms with E-state index in [2.05, 4.69) is 10.2 Å². The molecule has 6 heteroatoms. The topological polar surface area (TPSA) is 64.3 Å². The Morgan fingerprint density at radius 2 is 2.14 bits per heavy atom. The van der Waals surface area contributed by atoms with Crippen LogP contribution in [-0.2, 0) is 4.74 Å². The number of nitrogens with zero attached hydrogens (tertiary/aromatic N) is 3. The molecule has 1 fully saturated rings. The fraction of sp³-hybridized carbons (Fsp3) is 0.500. The molecule has 0 amide bonds. The van der Waals surface area contributed by atoms with E-state index < -0.39 is 0 Å². The summed E-state index contributed by atoms with van der Waals surface area (Å²) in [6.45, 7) is 2.93. The van der Waals surface area contributed by atoms with Crippen molar-refractivity contribution in [3.05, 3.63) is 11.2 Å². The minimum Gasteiger partial charge on any atom is -0.396 e. The smallest absolute Gasteiger partial charge is 0.172 e. The zero-order valence-corrected chi connectivity index (χ0v) is 8.37. The van der Waals surface area contributed by atoms with Gasteiger partial charge in [0.2, 0.25) is 0 Å². The Morgan fingerprint density at radius 3 is 2.86 bits per heavy atom. The van der Waals surface area contributed by atoms with E-state index in [-0.39, 0.29) is 0 Å². The predicted octanol–water partition coefficient (Wildman–Crippen LogP) is 0.549. The van der Waals surface area contributed by atoms with E-state index in [9.17, 15) is 0 Å². The second-order valence-corrected chi connectivity index (χ2v) is 3.41. The third-order valence-electron chi connectivity index (χ3n) is 2.11. The van der Waals surface area contributed by atoms with Gasteiger partial charge in [-0.3, -0.25) is 0 Å². The fourth-order valence-corrected chi connectivity index (χ4v) is 1.56. The monoisotopic (exact) mass is 214 g/mol. The molecule has 1 aromatic heterocycles. The number of halogens is 1. The maximum atomic E-state index is 6.02. The van der Waals surface area contributed by atoms with Gasteiger partial charge in [0, 0.05) is 13.1 Å². The van der Waals surface area contributed by atoms with Gasteiger partial charge in [0.15, 0.2) is 5.82 Å². The third kappa shape index (κ3) is 1.73. The first-order valence-electron chi connectivity index (χ1n) is 4.38. The van der Waals surface area contributed by atoms with Gasteiger partial charge in [-0.25, -0.2) is 0 Å². The Kier molecular flexibility index (Phi) is 2.69. The van der Waals surface area contributed by atoms with Crippen LogP contribution in [0.3, 0.4) is 0 Å². The average molecular weight is 215 g/mol. The van der Waals surface area contributed by atoms with E-state index in [1.165, 1.54) is 6.20 Å². The second kappa shape index (κ2) is 3.98. The molecule has 0 bridgehead atoms. The summed E-state index contributed by atoms with van der Waals surface area (Å²) in [7, 11) is 0. The first-order valence-corrected chi connectivity index (χ1v) is 4.76. The van der Waals surface area contributed by atoms with E-state index in [4.69, 9.17) is 22.1 Å². The number of rotatable bonds is 1. The van der Waals surface area contributed by atoms with Crippen LogP contribution < -0.4 is 10.6 Å². The summed E-state index contributed by atoms with van der Waals surface area (Å²) in [6.07, 6.45) is 1.45. The van der Waals surface area contributed by atoms with Gasteiger partial charge < -0.3 is 15.4 Å². The van der Waals surface area contributed by atoms with Crippen LogP contribution in [0.4, 0.5) is 11.5 Å². The van der Waals surface area contributed by atoms with Crippen LogP contribution in [0, 0.1) is 0 Å². The van der Waals surface area contributed by atoms with Crippen molar-refractivity contribution in [2.24, 2.45) is 0 Å². The number of ether oxygens (including phenoxy) is 1. The average Bonchev–Trinajstić information content (AvgIpc) is 2.23. The van der Waals surface area contributed by atoms with Gasteiger partial charge in [0.1, 0.15) is 5.02 Å². The molecule has 1 aliphatic heterocycles. The quantitative estimate of drug-likeness (QED) is 0.740. The Balaban J connectivity index is 2.26. The van der Waals surface area contributed by atoms with E-state index in [1.807, 2.05) is 4.90 Å². The highest BCUT2D eigenvalue weighted by Crippen LogP contribution is 2.27. The van der Waals surface area contributed by atoms with Crippen molar-refractivity contribution in [1.82, 2.24) is 10.2 Å². The molecule has 1 aromatic rings. The van der Waals surface area contributed by atoms with Crippen LogP contribution in [-0.4, -0.2) is 36.5 Å². The summed E-state index contributed by atoms with van der Waals surface area (Å²) < 4.78 is 5.23. The van der Waals surface area contributed by atoms with Crippen molar-refractivity contribution in [3.8, 4) is 0 Å². The maximum absolute atomic E-state index is 6.02. The molecule has 0 saturated carbocycles. The zero-order chi connectivity index (χ0) is 9.97. The van der Waals surface area contributed by atoms with Gasteiger partial charge in [-0.15, -0.1) is 5.10 Å². The molecular formula is C8H11ClN4O. The van der Waals surface area contributed by atoms with Crippen molar-refractivity contribution in [2.45, 2.75) is 0 Å². The highest BCUT2D eigenvalue weighted by atomic mass is 35.5. The lowest BCUT2D eigenvalue weighted by Gasteiger charge is -2.28. The highest BCUT2D eigenvalue weighted by molar-refractivity contribution is 6.35. The fourth-order valence-electron chi connectivity index (χ4n) is 1.35.